The molecule has 1 aliphatic rings. The van der Waals surface area contributed by atoms with Crippen LogP contribution in [0.1, 0.15) is 37.8 Å². The molecule has 0 spiro atoms. The van der Waals surface area contributed by atoms with Gasteiger partial charge in [0.2, 0.25) is 0 Å². The van der Waals surface area contributed by atoms with E-state index in [4.69, 9.17) is 5.73 Å². The third kappa shape index (κ3) is 2.06. The van der Waals surface area contributed by atoms with E-state index in [-0.39, 0.29) is 0 Å². The van der Waals surface area contributed by atoms with Gasteiger partial charge in [-0.05, 0) is 47.6 Å². The lowest BCUT2D eigenvalue weighted by Crippen LogP contribution is -1.90. The van der Waals surface area contributed by atoms with Gasteiger partial charge in [-0.15, -0.1) is 0 Å². The lowest BCUT2D eigenvalue weighted by atomic mass is 10.0. The summed E-state index contributed by atoms with van der Waals surface area (Å²) in [5.74, 6) is 0.684. The zero-order valence-corrected chi connectivity index (χ0v) is 9.59. The number of nitrogen functional groups attached to an aromatic ring is 1. The van der Waals surface area contributed by atoms with Crippen LogP contribution >= 0.6 is 0 Å². The number of benzene rings is 1. The first kappa shape index (κ1) is 10.3. The number of hydrogen-bond donors (Lipinski definition) is 1. The van der Waals surface area contributed by atoms with Crippen LogP contribution in [0.5, 0.6) is 0 Å². The van der Waals surface area contributed by atoms with Crippen LogP contribution < -0.4 is 5.73 Å². The number of rotatable bonds is 2. The summed E-state index contributed by atoms with van der Waals surface area (Å²) >= 11 is 0. The SMILES string of the molecule is CCC(C)C=C1CCc2cc(N)ccc21. The van der Waals surface area contributed by atoms with Gasteiger partial charge in [-0.1, -0.05) is 32.4 Å². The van der Waals surface area contributed by atoms with Gasteiger partial charge in [-0.2, -0.15) is 0 Å². The highest BCUT2D eigenvalue weighted by Crippen LogP contribution is 2.34. The molecule has 0 radical (unpaired) electrons. The van der Waals surface area contributed by atoms with E-state index in [0.29, 0.717) is 5.92 Å². The smallest absolute Gasteiger partial charge is 0.0317 e. The Bertz CT molecular complexity index is 390. The average molecular weight is 201 g/mol. The van der Waals surface area contributed by atoms with Crippen LogP contribution in [0.25, 0.3) is 5.57 Å². The first-order chi connectivity index (χ1) is 7.20. The summed E-state index contributed by atoms with van der Waals surface area (Å²) in [5, 5.41) is 0. The molecule has 1 nitrogen and oxygen atoms in total. The fourth-order valence-corrected chi connectivity index (χ4v) is 2.17. The van der Waals surface area contributed by atoms with Crippen LogP contribution in [0.4, 0.5) is 5.69 Å². The van der Waals surface area contributed by atoms with Gasteiger partial charge in [0.15, 0.2) is 0 Å². The fourth-order valence-electron chi connectivity index (χ4n) is 2.17. The van der Waals surface area contributed by atoms with Crippen LogP contribution in [0.3, 0.4) is 0 Å². The Kier molecular flexibility index (Phi) is 2.81. The molecule has 1 aliphatic carbocycles. The molecule has 1 aromatic carbocycles. The van der Waals surface area contributed by atoms with Crippen LogP contribution in [0.15, 0.2) is 24.3 Å². The van der Waals surface area contributed by atoms with Gasteiger partial charge in [0.25, 0.3) is 0 Å². The van der Waals surface area contributed by atoms with Crippen molar-refractivity contribution in [3.63, 3.8) is 0 Å². The molecule has 1 heteroatoms. The monoisotopic (exact) mass is 201 g/mol. The predicted molar refractivity (Wildman–Crippen MR) is 66.6 cm³/mol. The Hall–Kier alpha value is -1.24. The molecule has 1 atom stereocenters. The maximum atomic E-state index is 5.78. The van der Waals surface area contributed by atoms with Crippen molar-refractivity contribution in [2.75, 3.05) is 5.73 Å². The van der Waals surface area contributed by atoms with E-state index in [1.165, 1.54) is 29.5 Å². The van der Waals surface area contributed by atoms with Crippen molar-refractivity contribution in [3.05, 3.63) is 35.4 Å². The Morgan fingerprint density at radius 3 is 2.93 bits per heavy atom. The van der Waals surface area contributed by atoms with Gasteiger partial charge in [-0.25, -0.2) is 0 Å². The summed E-state index contributed by atoms with van der Waals surface area (Å²) in [6.45, 7) is 4.52. The summed E-state index contributed by atoms with van der Waals surface area (Å²) < 4.78 is 0. The fraction of sp³-hybridized carbons (Fsp3) is 0.429. The first-order valence-electron chi connectivity index (χ1n) is 5.80. The summed E-state index contributed by atoms with van der Waals surface area (Å²) in [4.78, 5) is 0. The molecule has 80 valence electrons. The lowest BCUT2D eigenvalue weighted by Gasteiger charge is -2.06. The summed E-state index contributed by atoms with van der Waals surface area (Å²) in [5.41, 5.74) is 11.0. The van der Waals surface area contributed by atoms with Crippen LogP contribution in [-0.2, 0) is 6.42 Å². The maximum absolute atomic E-state index is 5.78. The highest BCUT2D eigenvalue weighted by atomic mass is 14.5. The van der Waals surface area contributed by atoms with Crippen molar-refractivity contribution in [2.24, 2.45) is 5.92 Å². The lowest BCUT2D eigenvalue weighted by molar-refractivity contribution is 0.698. The van der Waals surface area contributed by atoms with Crippen molar-refractivity contribution in [1.82, 2.24) is 0 Å². The molecule has 0 saturated heterocycles. The molecule has 2 rings (SSSR count). The Morgan fingerprint density at radius 1 is 1.40 bits per heavy atom. The van der Waals surface area contributed by atoms with Gasteiger partial charge >= 0.3 is 0 Å². The van der Waals surface area contributed by atoms with Gasteiger partial charge in [0, 0.05) is 5.69 Å². The number of anilines is 1. The van der Waals surface area contributed by atoms with Crippen LogP contribution in [0.2, 0.25) is 0 Å². The quantitative estimate of drug-likeness (QED) is 0.726. The third-order valence-corrected chi connectivity index (χ3v) is 3.27. The van der Waals surface area contributed by atoms with Gasteiger partial charge in [0.1, 0.15) is 0 Å². The van der Waals surface area contributed by atoms with Crippen molar-refractivity contribution < 1.29 is 0 Å². The highest BCUT2D eigenvalue weighted by molar-refractivity contribution is 5.74. The molecule has 0 saturated carbocycles. The molecule has 0 bridgehead atoms. The number of hydrogen-bond acceptors (Lipinski definition) is 1. The number of aryl methyl sites for hydroxylation is 1. The molecule has 0 aliphatic heterocycles. The van der Waals surface area contributed by atoms with Crippen molar-refractivity contribution in [3.8, 4) is 0 Å². The topological polar surface area (TPSA) is 26.0 Å². The molecule has 1 aromatic rings. The minimum atomic E-state index is 0.684. The first-order valence-corrected chi connectivity index (χ1v) is 5.80. The van der Waals surface area contributed by atoms with E-state index in [1.807, 2.05) is 6.07 Å². The number of nitrogens with two attached hydrogens (primary N) is 1. The standard InChI is InChI=1S/C14H19N/c1-3-10(2)8-11-4-5-12-9-13(15)6-7-14(11)12/h6-10H,3-5,15H2,1-2H3. The van der Waals surface area contributed by atoms with E-state index in [0.717, 1.165) is 12.1 Å². The van der Waals surface area contributed by atoms with Crippen LogP contribution in [0, 0.1) is 5.92 Å². The summed E-state index contributed by atoms with van der Waals surface area (Å²) in [7, 11) is 0. The molecule has 0 aromatic heterocycles. The second kappa shape index (κ2) is 4.09. The number of allylic oxidation sites excluding steroid dienone is 2. The minimum absolute atomic E-state index is 0.684. The minimum Gasteiger partial charge on any atom is -0.399 e. The Labute approximate surface area is 92.0 Å². The van der Waals surface area contributed by atoms with Crippen molar-refractivity contribution >= 4 is 11.3 Å². The molecular weight excluding hydrogens is 182 g/mol. The van der Waals surface area contributed by atoms with Crippen LogP contribution in [-0.4, -0.2) is 0 Å². The molecule has 1 unspecified atom stereocenters. The normalized spacial score (nSPS) is 19.2. The zero-order valence-electron chi connectivity index (χ0n) is 9.59. The van der Waals surface area contributed by atoms with E-state index in [1.54, 1.807) is 0 Å². The van der Waals surface area contributed by atoms with Gasteiger partial charge in [0.05, 0.1) is 0 Å². The second-order valence-electron chi connectivity index (χ2n) is 4.49. The van der Waals surface area contributed by atoms with Gasteiger partial charge in [-0.3, -0.25) is 0 Å². The van der Waals surface area contributed by atoms with E-state index in [9.17, 15) is 0 Å². The highest BCUT2D eigenvalue weighted by Gasteiger charge is 2.16. The van der Waals surface area contributed by atoms with Crippen molar-refractivity contribution in [2.45, 2.75) is 33.1 Å². The average Bonchev–Trinajstić information content (AvgIpc) is 2.60. The summed E-state index contributed by atoms with van der Waals surface area (Å²) in [6, 6.07) is 6.30. The molecule has 0 heterocycles. The van der Waals surface area contributed by atoms with E-state index < -0.39 is 0 Å². The molecule has 2 N–H and O–H groups in total. The Balaban J connectivity index is 2.32. The molecule has 15 heavy (non-hydrogen) atoms. The van der Waals surface area contributed by atoms with E-state index >= 15 is 0 Å². The molecule has 0 fully saturated rings. The molecular formula is C14H19N. The number of fused-ring (bicyclic) bond motifs is 1. The molecule has 0 amide bonds. The largest absolute Gasteiger partial charge is 0.399 e. The Morgan fingerprint density at radius 2 is 2.20 bits per heavy atom. The second-order valence-corrected chi connectivity index (χ2v) is 4.49. The summed E-state index contributed by atoms with van der Waals surface area (Å²) in [6.07, 6.45) is 5.97. The van der Waals surface area contributed by atoms with Gasteiger partial charge < -0.3 is 5.73 Å². The van der Waals surface area contributed by atoms with Crippen molar-refractivity contribution in [1.29, 1.82) is 0 Å². The van der Waals surface area contributed by atoms with E-state index in [2.05, 4.69) is 32.1 Å². The zero-order chi connectivity index (χ0) is 10.8. The predicted octanol–water partition coefficient (Wildman–Crippen LogP) is 3.64. The maximum Gasteiger partial charge on any atom is 0.0317 e. The third-order valence-electron chi connectivity index (χ3n) is 3.27.